The van der Waals surface area contributed by atoms with Crippen molar-refractivity contribution in [2.24, 2.45) is 4.99 Å². The van der Waals surface area contributed by atoms with Crippen LogP contribution in [-0.4, -0.2) is 19.4 Å². The van der Waals surface area contributed by atoms with Crippen molar-refractivity contribution in [1.29, 1.82) is 0 Å². The monoisotopic (exact) mass is 378 g/mol. The first-order valence-corrected chi connectivity index (χ1v) is 9.96. The third kappa shape index (κ3) is 3.41. The van der Waals surface area contributed by atoms with E-state index in [2.05, 4.69) is 20.0 Å². The molecule has 0 unspecified atom stereocenters. The Morgan fingerprint density at radius 1 is 0.963 bits per heavy atom. The van der Waals surface area contributed by atoms with Gasteiger partial charge in [0, 0.05) is 11.8 Å². The molecule has 0 aliphatic carbocycles. The van der Waals surface area contributed by atoms with Crippen LogP contribution in [0.25, 0.3) is 11.1 Å². The maximum Gasteiger partial charge on any atom is 0.266 e. The fraction of sp³-hybridized carbons (Fsp3) is 0.100. The van der Waals surface area contributed by atoms with Crippen molar-refractivity contribution < 1.29 is 8.42 Å². The standard InChI is InChI=1S/C20H18N4O2S/c1-14-7-2-3-9-16(14)17-10-6-11-18-19(17)23-20(24-27(18,25)26)22-13-15-8-4-5-12-21-15/h2-12H,13H2,1H3,(H2,22,23,24). The van der Waals surface area contributed by atoms with Crippen LogP contribution in [0.1, 0.15) is 11.3 Å². The van der Waals surface area contributed by atoms with Crippen molar-refractivity contribution in [3.63, 3.8) is 0 Å². The average Bonchev–Trinajstić information content (AvgIpc) is 2.67. The van der Waals surface area contributed by atoms with Gasteiger partial charge in [-0.3, -0.25) is 4.98 Å². The van der Waals surface area contributed by atoms with E-state index in [1.165, 1.54) is 0 Å². The minimum absolute atomic E-state index is 0.189. The van der Waals surface area contributed by atoms with Crippen molar-refractivity contribution in [3.05, 3.63) is 78.1 Å². The maximum atomic E-state index is 12.7. The first kappa shape index (κ1) is 17.2. The number of guanidine groups is 1. The van der Waals surface area contributed by atoms with Crippen molar-refractivity contribution >= 4 is 21.7 Å². The van der Waals surface area contributed by atoms with E-state index < -0.39 is 10.0 Å². The topological polar surface area (TPSA) is 83.4 Å². The van der Waals surface area contributed by atoms with E-state index >= 15 is 0 Å². The first-order chi connectivity index (χ1) is 13.0. The lowest BCUT2D eigenvalue weighted by molar-refractivity contribution is 0.591. The number of aromatic nitrogens is 1. The third-order valence-electron chi connectivity index (χ3n) is 4.35. The predicted molar refractivity (Wildman–Crippen MR) is 106 cm³/mol. The molecule has 4 rings (SSSR count). The van der Waals surface area contributed by atoms with Gasteiger partial charge in [0.15, 0.2) is 0 Å². The van der Waals surface area contributed by atoms with Crippen LogP contribution in [0.4, 0.5) is 5.69 Å². The number of anilines is 1. The van der Waals surface area contributed by atoms with Gasteiger partial charge in [-0.1, -0.05) is 42.5 Å². The average molecular weight is 378 g/mol. The number of benzene rings is 2. The Balaban J connectivity index is 1.77. The summed E-state index contributed by atoms with van der Waals surface area (Å²) in [5, 5.41) is 3.15. The Kier molecular flexibility index (Phi) is 4.37. The van der Waals surface area contributed by atoms with Gasteiger partial charge < -0.3 is 5.32 Å². The molecule has 3 aromatic rings. The molecule has 2 heterocycles. The number of sulfonamides is 1. The molecule has 0 atom stereocenters. The van der Waals surface area contributed by atoms with E-state index in [9.17, 15) is 8.42 Å². The molecule has 2 aromatic carbocycles. The molecule has 0 fully saturated rings. The lowest BCUT2D eigenvalue weighted by Crippen LogP contribution is -2.41. The summed E-state index contributed by atoms with van der Waals surface area (Å²) in [6, 6.07) is 18.6. The van der Waals surface area contributed by atoms with E-state index in [1.807, 2.05) is 55.5 Å². The highest BCUT2D eigenvalue weighted by atomic mass is 32.2. The van der Waals surface area contributed by atoms with E-state index in [-0.39, 0.29) is 17.4 Å². The van der Waals surface area contributed by atoms with Crippen LogP contribution in [-0.2, 0) is 16.6 Å². The fourth-order valence-corrected chi connectivity index (χ4v) is 4.20. The molecule has 0 saturated carbocycles. The number of para-hydroxylation sites is 1. The second-order valence-corrected chi connectivity index (χ2v) is 7.86. The van der Waals surface area contributed by atoms with Gasteiger partial charge in [0.2, 0.25) is 5.96 Å². The number of aryl methyl sites for hydroxylation is 1. The SMILES string of the molecule is Cc1ccccc1-c1cccc2c1NC(=NCc1ccccn1)NS2(=O)=O. The van der Waals surface area contributed by atoms with Gasteiger partial charge >= 0.3 is 0 Å². The van der Waals surface area contributed by atoms with Gasteiger partial charge in [-0.05, 0) is 36.2 Å². The van der Waals surface area contributed by atoms with Gasteiger partial charge in [-0.25, -0.2) is 18.1 Å². The smallest absolute Gasteiger partial charge is 0.266 e. The van der Waals surface area contributed by atoms with Gasteiger partial charge in [-0.2, -0.15) is 0 Å². The highest BCUT2D eigenvalue weighted by Crippen LogP contribution is 2.36. The van der Waals surface area contributed by atoms with Crippen LogP contribution in [0.15, 0.2) is 76.7 Å². The van der Waals surface area contributed by atoms with Gasteiger partial charge in [0.1, 0.15) is 4.90 Å². The quantitative estimate of drug-likeness (QED) is 0.732. The predicted octanol–water partition coefficient (Wildman–Crippen LogP) is 3.32. The molecule has 7 heteroatoms. The number of aliphatic imine (C=N–C) groups is 1. The zero-order chi connectivity index (χ0) is 18.9. The molecule has 0 spiro atoms. The zero-order valence-electron chi connectivity index (χ0n) is 14.7. The van der Waals surface area contributed by atoms with Crippen LogP contribution >= 0.6 is 0 Å². The summed E-state index contributed by atoms with van der Waals surface area (Å²) < 4.78 is 27.9. The Bertz CT molecular complexity index is 1130. The van der Waals surface area contributed by atoms with Crippen molar-refractivity contribution in [2.75, 3.05) is 5.32 Å². The molecule has 0 bridgehead atoms. The van der Waals surface area contributed by atoms with E-state index in [4.69, 9.17) is 0 Å². The highest BCUT2D eigenvalue weighted by Gasteiger charge is 2.28. The van der Waals surface area contributed by atoms with Crippen molar-refractivity contribution in [1.82, 2.24) is 9.71 Å². The summed E-state index contributed by atoms with van der Waals surface area (Å²) in [6.45, 7) is 2.27. The number of nitrogens with one attached hydrogen (secondary N) is 2. The second kappa shape index (κ2) is 6.85. The minimum Gasteiger partial charge on any atom is -0.324 e. The van der Waals surface area contributed by atoms with Crippen LogP contribution in [0.2, 0.25) is 0 Å². The van der Waals surface area contributed by atoms with Gasteiger partial charge in [0.25, 0.3) is 10.0 Å². The molecule has 1 aliphatic heterocycles. The van der Waals surface area contributed by atoms with Crippen LogP contribution < -0.4 is 10.0 Å². The molecule has 0 amide bonds. The number of pyridine rings is 1. The first-order valence-electron chi connectivity index (χ1n) is 8.48. The molecule has 0 radical (unpaired) electrons. The normalized spacial score (nSPS) is 16.3. The minimum atomic E-state index is -3.70. The van der Waals surface area contributed by atoms with E-state index in [1.54, 1.807) is 18.3 Å². The lowest BCUT2D eigenvalue weighted by Gasteiger charge is -2.24. The largest absolute Gasteiger partial charge is 0.324 e. The molecule has 1 aliphatic rings. The highest BCUT2D eigenvalue weighted by molar-refractivity contribution is 7.90. The Morgan fingerprint density at radius 3 is 2.52 bits per heavy atom. The Labute approximate surface area is 158 Å². The molecule has 0 saturated heterocycles. The molecule has 136 valence electrons. The summed E-state index contributed by atoms with van der Waals surface area (Å²) in [6.07, 6.45) is 1.68. The summed E-state index contributed by atoms with van der Waals surface area (Å²) in [5.74, 6) is 0.189. The number of fused-ring (bicyclic) bond motifs is 1. The van der Waals surface area contributed by atoms with Crippen LogP contribution in [0.5, 0.6) is 0 Å². The Morgan fingerprint density at radius 2 is 1.74 bits per heavy atom. The summed E-state index contributed by atoms with van der Waals surface area (Å²) in [4.78, 5) is 8.77. The van der Waals surface area contributed by atoms with Crippen molar-refractivity contribution in [3.8, 4) is 11.1 Å². The van der Waals surface area contributed by atoms with Crippen LogP contribution in [0.3, 0.4) is 0 Å². The van der Waals surface area contributed by atoms with E-state index in [0.29, 0.717) is 5.69 Å². The summed E-state index contributed by atoms with van der Waals surface area (Å²) in [7, 11) is -3.70. The number of hydrogen-bond donors (Lipinski definition) is 2. The molecule has 1 aromatic heterocycles. The molecular weight excluding hydrogens is 360 g/mol. The zero-order valence-corrected chi connectivity index (χ0v) is 15.5. The maximum absolute atomic E-state index is 12.7. The second-order valence-electron chi connectivity index (χ2n) is 6.21. The fourth-order valence-electron chi connectivity index (χ4n) is 3.03. The molecule has 6 nitrogen and oxygen atoms in total. The number of nitrogens with zero attached hydrogens (tertiary/aromatic N) is 2. The number of hydrogen-bond acceptors (Lipinski definition) is 4. The summed E-state index contributed by atoms with van der Waals surface area (Å²) in [5.41, 5.74) is 4.15. The van der Waals surface area contributed by atoms with Crippen molar-refractivity contribution in [2.45, 2.75) is 18.4 Å². The van der Waals surface area contributed by atoms with Gasteiger partial charge in [-0.15, -0.1) is 0 Å². The molecular formula is C20H18N4O2S. The van der Waals surface area contributed by atoms with Gasteiger partial charge in [0.05, 0.1) is 17.9 Å². The number of rotatable bonds is 3. The Hall–Kier alpha value is -3.19. The lowest BCUT2D eigenvalue weighted by atomic mass is 9.99. The molecule has 27 heavy (non-hydrogen) atoms. The van der Waals surface area contributed by atoms with Crippen LogP contribution in [0, 0.1) is 6.92 Å². The van der Waals surface area contributed by atoms with E-state index in [0.717, 1.165) is 22.4 Å². The summed E-state index contributed by atoms with van der Waals surface area (Å²) >= 11 is 0. The third-order valence-corrected chi connectivity index (χ3v) is 5.73. The molecule has 2 N–H and O–H groups in total.